The van der Waals surface area contributed by atoms with Crippen LogP contribution in [-0.4, -0.2) is 44.3 Å². The molecule has 0 aliphatic carbocycles. The van der Waals surface area contributed by atoms with E-state index in [0.29, 0.717) is 24.7 Å². The molecule has 0 spiro atoms. The van der Waals surface area contributed by atoms with Crippen LogP contribution in [0.1, 0.15) is 21.9 Å². The number of amides is 1. The summed E-state index contributed by atoms with van der Waals surface area (Å²) >= 11 is 1.29. The molecule has 0 aromatic carbocycles. The topological polar surface area (TPSA) is 86.3 Å². The molecule has 0 atom stereocenters. The Morgan fingerprint density at radius 2 is 2.35 bits per heavy atom. The molecule has 0 aliphatic rings. The minimum Gasteiger partial charge on any atom is -0.480 e. The molecule has 8 nitrogen and oxygen atoms in total. The van der Waals surface area contributed by atoms with Crippen LogP contribution in [0.3, 0.4) is 0 Å². The lowest BCUT2D eigenvalue weighted by Gasteiger charge is -2.15. The zero-order valence-corrected chi connectivity index (χ0v) is 13.5. The van der Waals surface area contributed by atoms with E-state index in [4.69, 9.17) is 9.15 Å². The van der Waals surface area contributed by atoms with Gasteiger partial charge in [0.1, 0.15) is 12.3 Å². The number of rotatable bonds is 6. The molecule has 0 bridgehead atoms. The van der Waals surface area contributed by atoms with Crippen LogP contribution in [0, 0.1) is 0 Å². The predicted molar refractivity (Wildman–Crippen MR) is 82.3 cm³/mol. The van der Waals surface area contributed by atoms with Crippen LogP contribution in [0.25, 0.3) is 0 Å². The quantitative estimate of drug-likeness (QED) is 0.682. The lowest BCUT2D eigenvalue weighted by Crippen LogP contribution is -2.25. The summed E-state index contributed by atoms with van der Waals surface area (Å²) in [6, 6.07) is 3.42. The highest BCUT2D eigenvalue weighted by atomic mass is 32.1. The van der Waals surface area contributed by atoms with Gasteiger partial charge in [0.15, 0.2) is 5.76 Å². The summed E-state index contributed by atoms with van der Waals surface area (Å²) in [5.74, 6) is 1.26. The summed E-state index contributed by atoms with van der Waals surface area (Å²) in [4.78, 5) is 14.0. The Hall–Kier alpha value is -2.68. The molecule has 3 aromatic heterocycles. The molecule has 3 rings (SSSR count). The summed E-state index contributed by atoms with van der Waals surface area (Å²) < 4.78 is 16.5. The highest BCUT2D eigenvalue weighted by Gasteiger charge is 2.18. The lowest BCUT2D eigenvalue weighted by atomic mass is 10.3. The summed E-state index contributed by atoms with van der Waals surface area (Å²) in [5.41, 5.74) is 0.864. The average molecular weight is 333 g/mol. The summed E-state index contributed by atoms with van der Waals surface area (Å²) in [5, 5.41) is 9.45. The molecule has 0 radical (unpaired) electrons. The second kappa shape index (κ2) is 6.61. The van der Waals surface area contributed by atoms with Gasteiger partial charge in [0, 0.05) is 24.2 Å². The number of hydrogen-bond donors (Lipinski definition) is 0. The standard InChI is InChI=1S/C14H15N5O3S/c1-18(7-10-9-23-16-13(10)21-2)14(20)12-4-3-11(22-12)8-19-6-5-15-17-19/h3-6,9H,7-8H2,1-2H3. The molecule has 0 aliphatic heterocycles. The highest BCUT2D eigenvalue weighted by Crippen LogP contribution is 2.21. The van der Waals surface area contributed by atoms with Crippen molar-refractivity contribution in [2.45, 2.75) is 13.1 Å². The molecule has 0 saturated heterocycles. The molecule has 3 aromatic rings. The normalized spacial score (nSPS) is 10.7. The van der Waals surface area contributed by atoms with Crippen molar-refractivity contribution in [3.05, 3.63) is 47.0 Å². The molecule has 1 amide bonds. The molecule has 9 heteroatoms. The van der Waals surface area contributed by atoms with Crippen molar-refractivity contribution in [2.75, 3.05) is 14.2 Å². The van der Waals surface area contributed by atoms with Crippen LogP contribution < -0.4 is 4.74 Å². The van der Waals surface area contributed by atoms with Crippen LogP contribution in [0.5, 0.6) is 5.88 Å². The smallest absolute Gasteiger partial charge is 0.289 e. The van der Waals surface area contributed by atoms with E-state index in [1.165, 1.54) is 11.5 Å². The van der Waals surface area contributed by atoms with Crippen molar-refractivity contribution < 1.29 is 13.9 Å². The third-order valence-corrected chi connectivity index (χ3v) is 3.88. The van der Waals surface area contributed by atoms with Gasteiger partial charge in [-0.15, -0.1) is 5.10 Å². The van der Waals surface area contributed by atoms with Gasteiger partial charge >= 0.3 is 0 Å². The fraction of sp³-hybridized carbons (Fsp3) is 0.286. The molecule has 0 N–H and O–H groups in total. The Balaban J connectivity index is 1.66. The Morgan fingerprint density at radius 3 is 3.09 bits per heavy atom. The van der Waals surface area contributed by atoms with E-state index in [0.717, 1.165) is 5.56 Å². The van der Waals surface area contributed by atoms with Crippen LogP contribution in [0.15, 0.2) is 34.3 Å². The van der Waals surface area contributed by atoms with Crippen molar-refractivity contribution in [1.29, 1.82) is 0 Å². The van der Waals surface area contributed by atoms with E-state index >= 15 is 0 Å². The summed E-state index contributed by atoms with van der Waals surface area (Å²) in [6.07, 6.45) is 3.32. The molecule has 0 saturated carbocycles. The number of hydrogen-bond acceptors (Lipinski definition) is 7. The molecule has 120 valence electrons. The first-order valence-corrected chi connectivity index (χ1v) is 7.66. The van der Waals surface area contributed by atoms with E-state index in [2.05, 4.69) is 14.7 Å². The van der Waals surface area contributed by atoms with E-state index in [9.17, 15) is 4.79 Å². The van der Waals surface area contributed by atoms with Crippen LogP contribution >= 0.6 is 11.5 Å². The lowest BCUT2D eigenvalue weighted by molar-refractivity contribution is 0.0750. The fourth-order valence-corrected chi connectivity index (χ4v) is 2.73. The van der Waals surface area contributed by atoms with Crippen LogP contribution in [0.2, 0.25) is 0 Å². The van der Waals surface area contributed by atoms with Crippen molar-refractivity contribution in [3.63, 3.8) is 0 Å². The summed E-state index contributed by atoms with van der Waals surface area (Å²) in [6.45, 7) is 0.830. The minimum atomic E-state index is -0.205. The fourth-order valence-electron chi connectivity index (χ4n) is 2.09. The maximum absolute atomic E-state index is 12.4. The maximum Gasteiger partial charge on any atom is 0.289 e. The Labute approximate surface area is 136 Å². The molecule has 0 unspecified atom stereocenters. The van der Waals surface area contributed by atoms with Crippen LogP contribution in [-0.2, 0) is 13.1 Å². The van der Waals surface area contributed by atoms with Crippen molar-refractivity contribution in [3.8, 4) is 5.88 Å². The Bertz CT molecular complexity index is 780. The van der Waals surface area contributed by atoms with Crippen molar-refractivity contribution in [2.24, 2.45) is 0 Å². The molecular weight excluding hydrogens is 318 g/mol. The van der Waals surface area contributed by atoms with Gasteiger partial charge in [-0.1, -0.05) is 5.21 Å². The van der Waals surface area contributed by atoms with E-state index in [-0.39, 0.29) is 11.7 Å². The molecule has 23 heavy (non-hydrogen) atoms. The van der Waals surface area contributed by atoms with Crippen molar-refractivity contribution in [1.82, 2.24) is 24.3 Å². The first-order valence-electron chi connectivity index (χ1n) is 6.83. The van der Waals surface area contributed by atoms with Crippen molar-refractivity contribution >= 4 is 17.4 Å². The van der Waals surface area contributed by atoms with E-state index in [1.807, 2.05) is 5.38 Å². The van der Waals surface area contributed by atoms with E-state index in [1.54, 1.807) is 48.3 Å². The Kier molecular flexibility index (Phi) is 4.38. The van der Waals surface area contributed by atoms with Gasteiger partial charge in [-0.05, 0) is 23.7 Å². The number of methoxy groups -OCH3 is 1. The summed E-state index contributed by atoms with van der Waals surface area (Å²) in [7, 11) is 3.27. The third kappa shape index (κ3) is 3.39. The first kappa shape index (κ1) is 15.2. The number of aromatic nitrogens is 4. The van der Waals surface area contributed by atoms with Gasteiger partial charge in [-0.2, -0.15) is 4.37 Å². The SMILES string of the molecule is COc1nscc1CN(C)C(=O)c1ccc(Cn2ccnn2)o1. The predicted octanol–water partition coefficient (Wildman–Crippen LogP) is 1.66. The number of furan rings is 1. The van der Waals surface area contributed by atoms with E-state index < -0.39 is 0 Å². The molecule has 0 fully saturated rings. The second-order valence-corrected chi connectivity index (χ2v) is 5.51. The largest absolute Gasteiger partial charge is 0.480 e. The number of carbonyl (C=O) groups is 1. The maximum atomic E-state index is 12.4. The van der Waals surface area contributed by atoms with Gasteiger partial charge < -0.3 is 14.1 Å². The third-order valence-electron chi connectivity index (χ3n) is 3.22. The minimum absolute atomic E-state index is 0.205. The molecule has 3 heterocycles. The van der Waals surface area contributed by atoms with Crippen LogP contribution in [0.4, 0.5) is 0 Å². The van der Waals surface area contributed by atoms with Gasteiger partial charge in [-0.25, -0.2) is 4.68 Å². The van der Waals surface area contributed by atoms with Gasteiger partial charge in [0.2, 0.25) is 5.88 Å². The highest BCUT2D eigenvalue weighted by molar-refractivity contribution is 7.03. The Morgan fingerprint density at radius 1 is 1.48 bits per heavy atom. The zero-order valence-electron chi connectivity index (χ0n) is 12.7. The van der Waals surface area contributed by atoms with Gasteiger partial charge in [0.05, 0.1) is 19.9 Å². The van der Waals surface area contributed by atoms with Gasteiger partial charge in [-0.3, -0.25) is 4.79 Å². The number of ether oxygens (including phenoxy) is 1. The first-order chi connectivity index (χ1) is 11.2. The number of carbonyl (C=O) groups excluding carboxylic acids is 1. The molecular formula is C14H15N5O3S. The average Bonchev–Trinajstić information content (AvgIpc) is 3.28. The zero-order chi connectivity index (χ0) is 16.2. The van der Waals surface area contributed by atoms with Gasteiger partial charge in [0.25, 0.3) is 5.91 Å². The second-order valence-electron chi connectivity index (χ2n) is 4.88. The number of nitrogens with zero attached hydrogens (tertiary/aromatic N) is 5. The monoisotopic (exact) mass is 333 g/mol.